The summed E-state index contributed by atoms with van der Waals surface area (Å²) in [6.45, 7) is -0.331. The van der Waals surface area contributed by atoms with Gasteiger partial charge in [0.25, 0.3) is 0 Å². The molecule has 0 bridgehead atoms. The topological polar surface area (TPSA) is 75.6 Å². The maximum atomic E-state index is 13.7. The smallest absolute Gasteiger partial charge is 0.243 e. The minimum Gasteiger partial charge on any atom is -0.392 e. The number of ether oxygens (including phenoxy) is 1. The molecule has 0 saturated heterocycles. The van der Waals surface area contributed by atoms with Crippen LogP contribution in [0.25, 0.3) is 0 Å². The highest BCUT2D eigenvalue weighted by molar-refractivity contribution is 7.89. The molecule has 2 N–H and O–H groups in total. The molecule has 0 spiro atoms. The number of nitrogens with one attached hydrogen (secondary N) is 1. The zero-order valence-corrected chi connectivity index (χ0v) is 11.3. The summed E-state index contributed by atoms with van der Waals surface area (Å²) in [7, 11) is -2.30. The molecule has 0 aliphatic heterocycles. The van der Waals surface area contributed by atoms with E-state index in [1.807, 2.05) is 0 Å². The molecule has 1 aromatic carbocycles. The fraction of sp³-hybridized carbons (Fsp3) is 0.500. The van der Waals surface area contributed by atoms with Crippen LogP contribution in [0.15, 0.2) is 23.1 Å². The molecule has 0 unspecified atom stereocenters. The predicted octanol–water partition coefficient (Wildman–Crippen LogP) is 0.774. The zero-order chi connectivity index (χ0) is 14.0. The maximum Gasteiger partial charge on any atom is 0.243 e. The van der Waals surface area contributed by atoms with Crippen LogP contribution < -0.4 is 4.72 Å². The zero-order valence-electron chi connectivity index (χ0n) is 10.5. The lowest BCUT2D eigenvalue weighted by Gasteiger charge is -2.34. The molecule has 0 radical (unpaired) electrons. The van der Waals surface area contributed by atoms with Gasteiger partial charge < -0.3 is 9.84 Å². The van der Waals surface area contributed by atoms with Crippen LogP contribution in [0.3, 0.4) is 0 Å². The van der Waals surface area contributed by atoms with Crippen molar-refractivity contribution in [2.75, 3.05) is 7.11 Å². The number of rotatable bonds is 5. The molecule has 5 nitrogen and oxygen atoms in total. The van der Waals surface area contributed by atoms with Gasteiger partial charge in [0, 0.05) is 13.2 Å². The van der Waals surface area contributed by atoms with Crippen molar-refractivity contribution in [3.8, 4) is 0 Å². The van der Waals surface area contributed by atoms with E-state index in [1.165, 1.54) is 6.07 Å². The minimum atomic E-state index is -3.87. The van der Waals surface area contributed by atoms with Gasteiger partial charge >= 0.3 is 0 Å². The van der Waals surface area contributed by atoms with Crippen molar-refractivity contribution in [1.82, 2.24) is 4.72 Å². The molecule has 1 aliphatic carbocycles. The van der Waals surface area contributed by atoms with Gasteiger partial charge in [-0.25, -0.2) is 17.5 Å². The average molecular weight is 289 g/mol. The Morgan fingerprint density at radius 3 is 2.68 bits per heavy atom. The number of hydrogen-bond donors (Lipinski definition) is 2. The molecule has 1 aliphatic rings. The Kier molecular flexibility index (Phi) is 4.19. The molecule has 0 amide bonds. The first-order valence-corrected chi connectivity index (χ1v) is 7.39. The highest BCUT2D eigenvalue weighted by atomic mass is 32.2. The summed E-state index contributed by atoms with van der Waals surface area (Å²) < 4.78 is 45.2. The van der Waals surface area contributed by atoms with Crippen molar-refractivity contribution < 1.29 is 22.7 Å². The number of sulfonamides is 1. The Bertz CT molecular complexity index is 555. The molecule has 0 aromatic heterocycles. The van der Waals surface area contributed by atoms with Crippen molar-refractivity contribution in [2.24, 2.45) is 0 Å². The van der Waals surface area contributed by atoms with E-state index in [0.717, 1.165) is 12.1 Å². The van der Waals surface area contributed by atoms with Gasteiger partial charge in [-0.3, -0.25) is 0 Å². The van der Waals surface area contributed by atoms with Crippen LogP contribution in [0.5, 0.6) is 0 Å². The number of aliphatic hydroxyl groups is 1. The maximum absolute atomic E-state index is 13.7. The lowest BCUT2D eigenvalue weighted by Crippen LogP contribution is -2.47. The Morgan fingerprint density at radius 1 is 1.47 bits per heavy atom. The van der Waals surface area contributed by atoms with Gasteiger partial charge in [0.2, 0.25) is 10.0 Å². The van der Waals surface area contributed by atoms with Gasteiger partial charge in [0.05, 0.1) is 12.7 Å². The largest absolute Gasteiger partial charge is 0.392 e. The van der Waals surface area contributed by atoms with E-state index in [0.29, 0.717) is 18.4 Å². The second-order valence-corrected chi connectivity index (χ2v) is 6.25. The van der Waals surface area contributed by atoms with E-state index >= 15 is 0 Å². The molecule has 106 valence electrons. The monoisotopic (exact) mass is 289 g/mol. The normalized spacial score (nSPS) is 23.1. The second kappa shape index (κ2) is 5.54. The van der Waals surface area contributed by atoms with Crippen LogP contribution in [0.4, 0.5) is 4.39 Å². The lowest BCUT2D eigenvalue weighted by molar-refractivity contribution is 0.0236. The molecule has 1 saturated carbocycles. The van der Waals surface area contributed by atoms with Gasteiger partial charge in [-0.1, -0.05) is 6.07 Å². The lowest BCUT2D eigenvalue weighted by atomic mass is 9.90. The first kappa shape index (κ1) is 14.4. The summed E-state index contributed by atoms with van der Waals surface area (Å²) in [5.74, 6) is -0.860. The van der Waals surface area contributed by atoms with Crippen LogP contribution in [0.2, 0.25) is 0 Å². The molecule has 0 heterocycles. The molecular weight excluding hydrogens is 273 g/mol. The third-order valence-electron chi connectivity index (χ3n) is 3.22. The van der Waals surface area contributed by atoms with Gasteiger partial charge in [0.15, 0.2) is 0 Å². The first-order chi connectivity index (χ1) is 8.96. The predicted molar refractivity (Wildman–Crippen MR) is 66.5 cm³/mol. The molecule has 0 atom stereocenters. The Morgan fingerprint density at radius 2 is 2.16 bits per heavy atom. The molecule has 1 fully saturated rings. The second-order valence-electron chi connectivity index (χ2n) is 4.57. The van der Waals surface area contributed by atoms with E-state index in [2.05, 4.69) is 4.72 Å². The van der Waals surface area contributed by atoms with Gasteiger partial charge in [-0.05, 0) is 30.5 Å². The third-order valence-corrected chi connectivity index (χ3v) is 4.77. The molecule has 2 rings (SSSR count). The summed E-state index contributed by atoms with van der Waals surface area (Å²) in [5.41, 5.74) is 0.333. The highest BCUT2D eigenvalue weighted by Gasteiger charge is 2.33. The molecule has 1 aromatic rings. The van der Waals surface area contributed by atoms with Crippen molar-refractivity contribution in [2.45, 2.75) is 36.5 Å². The first-order valence-electron chi connectivity index (χ1n) is 5.90. The molecule has 7 heteroatoms. The Hall–Kier alpha value is -1.02. The molecular formula is C12H16FNO4S. The standard InChI is InChI=1S/C12H16FNO4S/c1-18-10-5-9(6-10)14-19(16,17)12-3-2-8(7-15)4-11(12)13/h2-4,9-10,14-15H,5-7H2,1H3. The average Bonchev–Trinajstić information content (AvgIpc) is 2.32. The minimum absolute atomic E-state index is 0.0642. The van der Waals surface area contributed by atoms with E-state index in [9.17, 15) is 12.8 Å². The van der Waals surface area contributed by atoms with E-state index in [-0.39, 0.29) is 18.8 Å². The Balaban J connectivity index is 2.12. The van der Waals surface area contributed by atoms with E-state index in [1.54, 1.807) is 7.11 Å². The van der Waals surface area contributed by atoms with E-state index < -0.39 is 20.7 Å². The van der Waals surface area contributed by atoms with Crippen molar-refractivity contribution >= 4 is 10.0 Å². The van der Waals surface area contributed by atoms with Crippen molar-refractivity contribution in [3.05, 3.63) is 29.6 Å². The van der Waals surface area contributed by atoms with Crippen LogP contribution in [-0.4, -0.2) is 32.8 Å². The molecule has 19 heavy (non-hydrogen) atoms. The SMILES string of the molecule is COC1CC(NS(=O)(=O)c2ccc(CO)cc2F)C1. The summed E-state index contributed by atoms with van der Waals surface area (Å²) in [6, 6.07) is 3.35. The van der Waals surface area contributed by atoms with Gasteiger partial charge in [-0.2, -0.15) is 0 Å². The number of methoxy groups -OCH3 is 1. The van der Waals surface area contributed by atoms with Gasteiger partial charge in [-0.15, -0.1) is 0 Å². The van der Waals surface area contributed by atoms with Crippen LogP contribution in [0.1, 0.15) is 18.4 Å². The number of hydrogen-bond acceptors (Lipinski definition) is 4. The number of halogens is 1. The quantitative estimate of drug-likeness (QED) is 0.839. The summed E-state index contributed by atoms with van der Waals surface area (Å²) in [6.07, 6.45) is 1.24. The van der Waals surface area contributed by atoms with Crippen molar-refractivity contribution in [3.63, 3.8) is 0 Å². The summed E-state index contributed by atoms with van der Waals surface area (Å²) in [5, 5.41) is 8.86. The van der Waals surface area contributed by atoms with Crippen LogP contribution in [-0.2, 0) is 21.4 Å². The van der Waals surface area contributed by atoms with E-state index in [4.69, 9.17) is 9.84 Å². The van der Waals surface area contributed by atoms with Crippen LogP contribution in [0, 0.1) is 5.82 Å². The highest BCUT2D eigenvalue weighted by Crippen LogP contribution is 2.25. The van der Waals surface area contributed by atoms with Gasteiger partial charge in [0.1, 0.15) is 10.7 Å². The van der Waals surface area contributed by atoms with Crippen molar-refractivity contribution in [1.29, 1.82) is 0 Å². The Labute approximate surface area is 111 Å². The van der Waals surface area contributed by atoms with Crippen LogP contribution >= 0.6 is 0 Å². The summed E-state index contributed by atoms with van der Waals surface area (Å²) in [4.78, 5) is -0.398. The third kappa shape index (κ3) is 3.11. The number of benzene rings is 1. The summed E-state index contributed by atoms with van der Waals surface area (Å²) >= 11 is 0. The number of aliphatic hydroxyl groups excluding tert-OH is 1. The fourth-order valence-electron chi connectivity index (χ4n) is 2.00. The fourth-order valence-corrected chi connectivity index (χ4v) is 3.32.